The zero-order valence-electron chi connectivity index (χ0n) is 17.5. The van der Waals surface area contributed by atoms with Gasteiger partial charge in [-0.15, -0.1) is 0 Å². The molecule has 0 radical (unpaired) electrons. The molecule has 2 atom stereocenters. The minimum atomic E-state index is -0.789. The van der Waals surface area contributed by atoms with Gasteiger partial charge in [-0.05, 0) is 37.0 Å². The highest BCUT2D eigenvalue weighted by Crippen LogP contribution is 2.39. The topological polar surface area (TPSA) is 99.5 Å². The molecule has 1 aliphatic rings. The number of rotatable bonds is 9. The fraction of sp³-hybridized carbons (Fsp3) is 0.455. The van der Waals surface area contributed by atoms with E-state index in [9.17, 15) is 14.4 Å². The van der Waals surface area contributed by atoms with E-state index < -0.39 is 30.5 Å². The van der Waals surface area contributed by atoms with Crippen molar-refractivity contribution in [2.45, 2.75) is 45.1 Å². The maximum atomic E-state index is 12.7. The van der Waals surface area contributed by atoms with Crippen molar-refractivity contribution in [2.75, 3.05) is 13.7 Å². The predicted octanol–water partition coefficient (Wildman–Crippen LogP) is 2.61. The summed E-state index contributed by atoms with van der Waals surface area (Å²) in [5, 5.41) is 7.15. The van der Waals surface area contributed by atoms with Crippen LogP contribution in [0.4, 0.5) is 0 Å². The molecule has 0 aliphatic heterocycles. The fourth-order valence-corrected chi connectivity index (χ4v) is 3.11. The van der Waals surface area contributed by atoms with Crippen LogP contribution in [-0.2, 0) is 19.1 Å². The lowest BCUT2D eigenvalue weighted by atomic mass is 9.99. The van der Waals surface area contributed by atoms with Crippen molar-refractivity contribution in [3.63, 3.8) is 0 Å². The van der Waals surface area contributed by atoms with Crippen molar-refractivity contribution in [2.24, 2.45) is 5.92 Å². The van der Waals surface area contributed by atoms with Crippen LogP contribution in [0.15, 0.2) is 36.4 Å². The van der Waals surface area contributed by atoms with Crippen LogP contribution in [0.5, 0.6) is 0 Å². The third-order valence-corrected chi connectivity index (χ3v) is 5.25. The van der Waals surface area contributed by atoms with Crippen molar-refractivity contribution in [3.05, 3.63) is 47.8 Å². The van der Waals surface area contributed by atoms with Gasteiger partial charge in [0.25, 0.3) is 5.91 Å². The van der Waals surface area contributed by atoms with Gasteiger partial charge in [0.15, 0.2) is 12.3 Å². The highest BCUT2D eigenvalue weighted by molar-refractivity contribution is 5.91. The Morgan fingerprint density at radius 1 is 1.23 bits per heavy atom. The van der Waals surface area contributed by atoms with E-state index in [1.807, 2.05) is 44.2 Å². The number of hydrogen-bond donors (Lipinski definition) is 1. The highest BCUT2D eigenvalue weighted by Gasteiger charge is 2.30. The van der Waals surface area contributed by atoms with Gasteiger partial charge in [-0.1, -0.05) is 38.5 Å². The third-order valence-electron chi connectivity index (χ3n) is 5.25. The first kappa shape index (κ1) is 21.5. The van der Waals surface area contributed by atoms with Crippen LogP contribution in [0.2, 0.25) is 0 Å². The summed E-state index contributed by atoms with van der Waals surface area (Å²) in [5.41, 5.74) is 1.85. The molecular formula is C22H27N3O5. The summed E-state index contributed by atoms with van der Waals surface area (Å²) in [7, 11) is 1.27. The van der Waals surface area contributed by atoms with E-state index in [4.69, 9.17) is 9.47 Å². The Kier molecular flexibility index (Phi) is 6.87. The monoisotopic (exact) mass is 413 g/mol. The van der Waals surface area contributed by atoms with E-state index in [2.05, 4.69) is 10.4 Å². The number of nitrogens with one attached hydrogen (secondary N) is 1. The summed E-state index contributed by atoms with van der Waals surface area (Å²) in [6, 6.07) is 10.2. The van der Waals surface area contributed by atoms with E-state index in [-0.39, 0.29) is 11.6 Å². The van der Waals surface area contributed by atoms with Gasteiger partial charge >= 0.3 is 11.9 Å². The first-order valence-corrected chi connectivity index (χ1v) is 10.1. The number of esters is 2. The minimum Gasteiger partial charge on any atom is -0.467 e. The molecule has 0 bridgehead atoms. The van der Waals surface area contributed by atoms with E-state index in [1.54, 1.807) is 10.7 Å². The van der Waals surface area contributed by atoms with Gasteiger partial charge in [0.1, 0.15) is 6.04 Å². The van der Waals surface area contributed by atoms with Gasteiger partial charge in [0.2, 0.25) is 0 Å². The Labute approximate surface area is 175 Å². The molecular weight excluding hydrogens is 386 g/mol. The molecule has 0 spiro atoms. The van der Waals surface area contributed by atoms with Crippen LogP contribution in [0.3, 0.4) is 0 Å². The van der Waals surface area contributed by atoms with Crippen LogP contribution < -0.4 is 5.32 Å². The lowest BCUT2D eigenvalue weighted by molar-refractivity contribution is -0.147. The summed E-state index contributed by atoms with van der Waals surface area (Å²) in [6.07, 6.45) is 2.78. The molecule has 1 aromatic carbocycles. The fourth-order valence-electron chi connectivity index (χ4n) is 3.11. The number of benzene rings is 1. The number of carbonyl (C=O) groups is 3. The van der Waals surface area contributed by atoms with Gasteiger partial charge in [0.05, 0.1) is 18.5 Å². The molecule has 30 heavy (non-hydrogen) atoms. The Bertz CT molecular complexity index is 905. The normalized spacial score (nSPS) is 15.2. The SMILES string of the molecule is CC[C@H](C)[C@H](NC(=O)COC(=O)c1cc(C2CC2)nn1-c1ccccc1)C(=O)OC. The molecule has 8 heteroatoms. The molecule has 0 unspecified atom stereocenters. The maximum Gasteiger partial charge on any atom is 0.357 e. The number of hydrogen-bond acceptors (Lipinski definition) is 6. The van der Waals surface area contributed by atoms with Crippen molar-refractivity contribution in [1.82, 2.24) is 15.1 Å². The van der Waals surface area contributed by atoms with Gasteiger partial charge in [0, 0.05) is 5.92 Å². The molecule has 1 N–H and O–H groups in total. The lowest BCUT2D eigenvalue weighted by Crippen LogP contribution is -2.47. The molecule has 8 nitrogen and oxygen atoms in total. The van der Waals surface area contributed by atoms with Gasteiger partial charge in [-0.25, -0.2) is 14.3 Å². The number of methoxy groups -OCH3 is 1. The molecule has 3 rings (SSSR count). The number of nitrogens with zero attached hydrogens (tertiary/aromatic N) is 2. The summed E-state index contributed by atoms with van der Waals surface area (Å²) < 4.78 is 11.5. The van der Waals surface area contributed by atoms with E-state index in [1.165, 1.54) is 7.11 Å². The Morgan fingerprint density at radius 2 is 1.93 bits per heavy atom. The van der Waals surface area contributed by atoms with Gasteiger partial charge < -0.3 is 14.8 Å². The average Bonchev–Trinajstić information content (AvgIpc) is 3.53. The molecule has 1 aromatic heterocycles. The first-order valence-electron chi connectivity index (χ1n) is 10.1. The van der Waals surface area contributed by atoms with Crippen LogP contribution in [0.25, 0.3) is 5.69 Å². The Hall–Kier alpha value is -3.16. The van der Waals surface area contributed by atoms with Crippen molar-refractivity contribution < 1.29 is 23.9 Å². The largest absolute Gasteiger partial charge is 0.467 e. The van der Waals surface area contributed by atoms with Gasteiger partial charge in [-0.2, -0.15) is 5.10 Å². The van der Waals surface area contributed by atoms with E-state index in [0.717, 1.165) is 24.2 Å². The summed E-state index contributed by atoms with van der Waals surface area (Å²) in [6.45, 7) is 3.25. The van der Waals surface area contributed by atoms with Crippen molar-refractivity contribution in [3.8, 4) is 5.69 Å². The van der Waals surface area contributed by atoms with Crippen LogP contribution in [-0.4, -0.2) is 47.4 Å². The molecule has 1 heterocycles. The summed E-state index contributed by atoms with van der Waals surface area (Å²) in [4.78, 5) is 36.9. The lowest BCUT2D eigenvalue weighted by Gasteiger charge is -2.21. The number of ether oxygens (including phenoxy) is 2. The molecule has 2 aromatic rings. The second-order valence-corrected chi connectivity index (χ2v) is 7.51. The van der Waals surface area contributed by atoms with Crippen LogP contribution in [0, 0.1) is 5.92 Å². The predicted molar refractivity (Wildman–Crippen MR) is 109 cm³/mol. The second kappa shape index (κ2) is 9.56. The minimum absolute atomic E-state index is 0.113. The Morgan fingerprint density at radius 3 is 2.53 bits per heavy atom. The zero-order chi connectivity index (χ0) is 21.7. The van der Waals surface area contributed by atoms with E-state index >= 15 is 0 Å². The number of aromatic nitrogens is 2. The van der Waals surface area contributed by atoms with E-state index in [0.29, 0.717) is 12.3 Å². The molecule has 1 fully saturated rings. The molecule has 1 aliphatic carbocycles. The zero-order valence-corrected chi connectivity index (χ0v) is 17.5. The van der Waals surface area contributed by atoms with Crippen molar-refractivity contribution in [1.29, 1.82) is 0 Å². The number of amides is 1. The number of para-hydroxylation sites is 1. The third kappa shape index (κ3) is 5.06. The first-order chi connectivity index (χ1) is 14.4. The summed E-state index contributed by atoms with van der Waals surface area (Å²) in [5.74, 6) is -1.49. The second-order valence-electron chi connectivity index (χ2n) is 7.51. The van der Waals surface area contributed by atoms with Crippen molar-refractivity contribution >= 4 is 17.8 Å². The molecule has 1 amide bonds. The van der Waals surface area contributed by atoms with Crippen LogP contribution >= 0.6 is 0 Å². The van der Waals surface area contributed by atoms with Crippen LogP contribution in [0.1, 0.15) is 55.2 Å². The summed E-state index contributed by atoms with van der Waals surface area (Å²) >= 11 is 0. The molecule has 1 saturated carbocycles. The smallest absolute Gasteiger partial charge is 0.357 e. The quantitative estimate of drug-likeness (QED) is 0.635. The van der Waals surface area contributed by atoms with Gasteiger partial charge in [-0.3, -0.25) is 4.79 Å². The maximum absolute atomic E-state index is 12.7. The average molecular weight is 413 g/mol. The highest BCUT2D eigenvalue weighted by atomic mass is 16.5. The number of carbonyl (C=O) groups excluding carboxylic acids is 3. The standard InChI is InChI=1S/C22H27N3O5/c1-4-14(2)20(22(28)29-3)23-19(26)13-30-21(27)18-12-17(15-10-11-15)24-25(18)16-8-6-5-7-9-16/h5-9,12,14-15,20H,4,10-11,13H2,1-3H3,(H,23,26)/t14-,20-/m0/s1. The molecule has 160 valence electrons. The molecule has 0 saturated heterocycles. The Balaban J connectivity index is 1.68.